The zero-order valence-corrected chi connectivity index (χ0v) is 6.29. The maximum absolute atomic E-state index is 10.2. The fraction of sp³-hybridized carbons (Fsp3) is 0.833. The number of rotatable bonds is 6. The molecule has 0 aliphatic carbocycles. The summed E-state index contributed by atoms with van der Waals surface area (Å²) in [7, 11) is 0. The van der Waals surface area contributed by atoms with Crippen LogP contribution in [0.1, 0.15) is 6.42 Å². The number of hydrogen-bond donors (Lipinski definition) is 4. The Morgan fingerprint density at radius 3 is 2.36 bits per heavy atom. The molecule has 0 saturated carbocycles. The minimum atomic E-state index is -0.396. The Morgan fingerprint density at radius 1 is 1.45 bits per heavy atom. The van der Waals surface area contributed by atoms with Crippen LogP contribution >= 0.6 is 0 Å². The standard InChI is InChI=1S/C6H14N2O3/c7-6(11)1-2-8-5(3-9)4-10/h5,8-10H,1-4H2,(H2,7,11). The Bertz CT molecular complexity index is 114. The largest absolute Gasteiger partial charge is 0.395 e. The number of carbonyl (C=O) groups excluding carboxylic acids is 1. The van der Waals surface area contributed by atoms with Crippen molar-refractivity contribution in [2.24, 2.45) is 5.73 Å². The van der Waals surface area contributed by atoms with Crippen LogP contribution in [0.25, 0.3) is 0 Å². The Kier molecular flexibility index (Phi) is 5.73. The van der Waals surface area contributed by atoms with E-state index in [4.69, 9.17) is 15.9 Å². The first-order valence-electron chi connectivity index (χ1n) is 3.44. The molecule has 66 valence electrons. The summed E-state index contributed by atoms with van der Waals surface area (Å²) in [6.07, 6.45) is 0.219. The maximum Gasteiger partial charge on any atom is 0.218 e. The van der Waals surface area contributed by atoms with Crippen molar-refractivity contribution in [3.63, 3.8) is 0 Å². The quantitative estimate of drug-likeness (QED) is 0.356. The number of nitrogens with two attached hydrogens (primary N) is 1. The van der Waals surface area contributed by atoms with Crippen LogP contribution in [-0.4, -0.2) is 41.9 Å². The van der Waals surface area contributed by atoms with E-state index in [-0.39, 0.29) is 25.7 Å². The van der Waals surface area contributed by atoms with E-state index in [1.54, 1.807) is 0 Å². The second kappa shape index (κ2) is 6.09. The van der Waals surface area contributed by atoms with Crippen molar-refractivity contribution in [2.75, 3.05) is 19.8 Å². The van der Waals surface area contributed by atoms with Crippen molar-refractivity contribution in [3.05, 3.63) is 0 Å². The molecular weight excluding hydrogens is 148 g/mol. The first-order chi connectivity index (χ1) is 5.20. The van der Waals surface area contributed by atoms with E-state index in [9.17, 15) is 4.79 Å². The zero-order chi connectivity index (χ0) is 8.69. The Morgan fingerprint density at radius 2 is 2.00 bits per heavy atom. The van der Waals surface area contributed by atoms with E-state index < -0.39 is 5.91 Å². The molecule has 0 aliphatic heterocycles. The average Bonchev–Trinajstić information content (AvgIpc) is 1.98. The van der Waals surface area contributed by atoms with Gasteiger partial charge in [0.1, 0.15) is 0 Å². The first-order valence-corrected chi connectivity index (χ1v) is 3.44. The fourth-order valence-corrected chi connectivity index (χ4v) is 0.586. The molecule has 0 aromatic rings. The van der Waals surface area contributed by atoms with Gasteiger partial charge >= 0.3 is 0 Å². The number of aliphatic hydroxyl groups is 2. The van der Waals surface area contributed by atoms with Gasteiger partial charge in [-0.3, -0.25) is 4.79 Å². The molecule has 0 aromatic heterocycles. The minimum absolute atomic E-state index is 0.144. The Hall–Kier alpha value is -0.650. The lowest BCUT2D eigenvalue weighted by atomic mass is 10.3. The van der Waals surface area contributed by atoms with Gasteiger partial charge in [-0.15, -0.1) is 0 Å². The second-order valence-electron chi connectivity index (χ2n) is 2.23. The third-order valence-electron chi connectivity index (χ3n) is 1.25. The molecule has 0 aliphatic rings. The number of primary amides is 1. The summed E-state index contributed by atoms with van der Waals surface area (Å²) in [5.41, 5.74) is 4.86. The highest BCUT2D eigenvalue weighted by atomic mass is 16.3. The fourth-order valence-electron chi connectivity index (χ4n) is 0.586. The summed E-state index contributed by atoms with van der Waals surface area (Å²) in [6.45, 7) is 0.103. The van der Waals surface area contributed by atoms with Crippen molar-refractivity contribution >= 4 is 5.91 Å². The number of hydrogen-bond acceptors (Lipinski definition) is 4. The van der Waals surface area contributed by atoms with E-state index in [0.717, 1.165) is 0 Å². The zero-order valence-electron chi connectivity index (χ0n) is 6.29. The van der Waals surface area contributed by atoms with Crippen molar-refractivity contribution in [3.8, 4) is 0 Å². The average molecular weight is 162 g/mol. The van der Waals surface area contributed by atoms with Crippen molar-refractivity contribution in [1.82, 2.24) is 5.32 Å². The smallest absolute Gasteiger partial charge is 0.218 e. The Labute approximate surface area is 65.2 Å². The summed E-state index contributed by atoms with van der Waals surface area (Å²) >= 11 is 0. The van der Waals surface area contributed by atoms with Gasteiger partial charge < -0.3 is 21.3 Å². The number of nitrogens with one attached hydrogen (secondary N) is 1. The first kappa shape index (κ1) is 10.3. The Balaban J connectivity index is 3.28. The highest BCUT2D eigenvalue weighted by Crippen LogP contribution is 1.80. The van der Waals surface area contributed by atoms with Gasteiger partial charge in [0.25, 0.3) is 0 Å². The van der Waals surface area contributed by atoms with Crippen LogP contribution in [-0.2, 0) is 4.79 Å². The van der Waals surface area contributed by atoms with Crippen LogP contribution in [0.5, 0.6) is 0 Å². The number of amides is 1. The molecule has 0 heterocycles. The van der Waals surface area contributed by atoms with Gasteiger partial charge in [0.15, 0.2) is 0 Å². The van der Waals surface area contributed by atoms with E-state index in [1.165, 1.54) is 0 Å². The topological polar surface area (TPSA) is 95.6 Å². The molecule has 0 unspecified atom stereocenters. The van der Waals surface area contributed by atoms with Crippen LogP contribution in [0.15, 0.2) is 0 Å². The van der Waals surface area contributed by atoms with Crippen LogP contribution in [0, 0.1) is 0 Å². The van der Waals surface area contributed by atoms with Crippen LogP contribution in [0.3, 0.4) is 0 Å². The molecule has 5 nitrogen and oxygen atoms in total. The summed E-state index contributed by atoms with van der Waals surface area (Å²) in [5.74, 6) is -0.396. The van der Waals surface area contributed by atoms with E-state index >= 15 is 0 Å². The number of carbonyl (C=O) groups is 1. The van der Waals surface area contributed by atoms with Gasteiger partial charge in [-0.25, -0.2) is 0 Å². The van der Waals surface area contributed by atoms with Crippen molar-refractivity contribution in [1.29, 1.82) is 0 Å². The lowest BCUT2D eigenvalue weighted by Gasteiger charge is -2.11. The van der Waals surface area contributed by atoms with E-state index in [1.807, 2.05) is 0 Å². The summed E-state index contributed by atoms with van der Waals surface area (Å²) in [6, 6.07) is -0.352. The van der Waals surface area contributed by atoms with Crippen molar-refractivity contribution in [2.45, 2.75) is 12.5 Å². The van der Waals surface area contributed by atoms with E-state index in [0.29, 0.717) is 6.54 Å². The molecule has 11 heavy (non-hydrogen) atoms. The molecule has 0 spiro atoms. The highest BCUT2D eigenvalue weighted by molar-refractivity contribution is 5.73. The summed E-state index contributed by atoms with van der Waals surface area (Å²) < 4.78 is 0. The third-order valence-corrected chi connectivity index (χ3v) is 1.25. The molecular formula is C6H14N2O3. The molecule has 0 fully saturated rings. The lowest BCUT2D eigenvalue weighted by Crippen LogP contribution is -2.37. The maximum atomic E-state index is 10.2. The normalized spacial score (nSPS) is 10.5. The molecule has 0 rings (SSSR count). The summed E-state index contributed by atoms with van der Waals surface area (Å²) in [4.78, 5) is 10.2. The molecule has 1 amide bonds. The van der Waals surface area contributed by atoms with Crippen LogP contribution in [0.4, 0.5) is 0 Å². The highest BCUT2D eigenvalue weighted by Gasteiger charge is 2.03. The van der Waals surface area contributed by atoms with Crippen molar-refractivity contribution < 1.29 is 15.0 Å². The molecule has 0 saturated heterocycles. The molecule has 0 radical (unpaired) electrons. The molecule has 0 bridgehead atoms. The molecule has 5 N–H and O–H groups in total. The third kappa shape index (κ3) is 5.78. The van der Waals surface area contributed by atoms with Gasteiger partial charge in [0.05, 0.1) is 19.3 Å². The van der Waals surface area contributed by atoms with Crippen LogP contribution in [0.2, 0.25) is 0 Å². The lowest BCUT2D eigenvalue weighted by molar-refractivity contribution is -0.117. The monoisotopic (exact) mass is 162 g/mol. The van der Waals surface area contributed by atoms with Gasteiger partial charge in [-0.1, -0.05) is 0 Å². The van der Waals surface area contributed by atoms with Gasteiger partial charge in [0.2, 0.25) is 5.91 Å². The second-order valence-corrected chi connectivity index (χ2v) is 2.23. The van der Waals surface area contributed by atoms with Gasteiger partial charge in [0, 0.05) is 13.0 Å². The predicted molar refractivity (Wildman–Crippen MR) is 39.8 cm³/mol. The molecule has 5 heteroatoms. The number of aliphatic hydroxyl groups excluding tert-OH is 2. The summed E-state index contributed by atoms with van der Waals surface area (Å²) in [5, 5.41) is 19.9. The van der Waals surface area contributed by atoms with E-state index in [2.05, 4.69) is 5.32 Å². The van der Waals surface area contributed by atoms with Gasteiger partial charge in [-0.2, -0.15) is 0 Å². The molecule has 0 atom stereocenters. The SMILES string of the molecule is NC(=O)CCNC(CO)CO. The molecule has 0 aromatic carbocycles. The van der Waals surface area contributed by atoms with Gasteiger partial charge in [-0.05, 0) is 0 Å². The van der Waals surface area contributed by atoms with Crippen LogP contribution < -0.4 is 11.1 Å². The minimum Gasteiger partial charge on any atom is -0.395 e. The predicted octanol–water partition coefficient (Wildman–Crippen LogP) is -2.20.